The molecule has 0 bridgehead atoms. The van der Waals surface area contributed by atoms with Crippen LogP contribution in [0.15, 0.2) is 65.9 Å². The van der Waals surface area contributed by atoms with Crippen molar-refractivity contribution in [1.29, 1.82) is 0 Å². The van der Waals surface area contributed by atoms with E-state index in [2.05, 4.69) is 82.6 Å². The van der Waals surface area contributed by atoms with Gasteiger partial charge in [-0.1, -0.05) is 48.5 Å². The molecule has 0 aliphatic carbocycles. The molecule has 1 aromatic heterocycles. The molecule has 3 heterocycles. The van der Waals surface area contributed by atoms with E-state index in [9.17, 15) is 0 Å². The number of nitrogens with zero attached hydrogens (tertiary/aromatic N) is 3. The van der Waals surface area contributed by atoms with Gasteiger partial charge in [0.25, 0.3) is 0 Å². The van der Waals surface area contributed by atoms with Crippen LogP contribution in [0.25, 0.3) is 10.9 Å². The highest BCUT2D eigenvalue weighted by molar-refractivity contribution is 5.92. The van der Waals surface area contributed by atoms with E-state index in [0.717, 1.165) is 32.6 Å². The highest BCUT2D eigenvalue weighted by atomic mass is 15.4. The number of likely N-dealkylation sites (tertiary alicyclic amines) is 1. The van der Waals surface area contributed by atoms with Crippen LogP contribution >= 0.6 is 0 Å². The van der Waals surface area contributed by atoms with E-state index >= 15 is 0 Å². The molecule has 0 amide bonds. The number of fused-ring (bicyclic) bond motifs is 2. The Morgan fingerprint density at radius 1 is 1.07 bits per heavy atom. The molecule has 1 N–H and O–H groups in total. The number of rotatable bonds is 4. The van der Waals surface area contributed by atoms with Crippen LogP contribution in [0.3, 0.4) is 0 Å². The lowest BCUT2D eigenvalue weighted by Crippen LogP contribution is -2.41. The van der Waals surface area contributed by atoms with E-state index in [0.29, 0.717) is 5.92 Å². The topological polar surface area (TPSA) is 32.6 Å². The SMILES string of the molecule is CCn1cc(C2NN=C3CCN(Cc4ccccc4)CC32)c2ccccc21. The first-order valence-electron chi connectivity index (χ1n) is 9.99. The van der Waals surface area contributed by atoms with Gasteiger partial charge in [-0.3, -0.25) is 4.90 Å². The first-order chi connectivity index (χ1) is 13.3. The summed E-state index contributed by atoms with van der Waals surface area (Å²) in [6, 6.07) is 19.8. The minimum absolute atomic E-state index is 0.274. The van der Waals surface area contributed by atoms with Gasteiger partial charge in [-0.25, -0.2) is 0 Å². The average Bonchev–Trinajstić information content (AvgIpc) is 3.29. The second kappa shape index (κ2) is 6.86. The molecule has 4 heteroatoms. The number of hydrogen-bond acceptors (Lipinski definition) is 3. The van der Waals surface area contributed by atoms with Gasteiger partial charge in [0.2, 0.25) is 0 Å². The molecule has 2 unspecified atom stereocenters. The molecule has 2 aromatic carbocycles. The van der Waals surface area contributed by atoms with Crippen molar-refractivity contribution < 1.29 is 0 Å². The number of nitrogens with one attached hydrogen (secondary N) is 1. The maximum atomic E-state index is 4.73. The van der Waals surface area contributed by atoms with Crippen molar-refractivity contribution in [3.8, 4) is 0 Å². The molecule has 3 aromatic rings. The summed E-state index contributed by atoms with van der Waals surface area (Å²) in [5, 5.41) is 6.08. The number of aromatic nitrogens is 1. The average molecular weight is 358 g/mol. The normalized spacial score (nSPS) is 22.5. The van der Waals surface area contributed by atoms with E-state index in [-0.39, 0.29) is 6.04 Å². The predicted octanol–water partition coefficient (Wildman–Crippen LogP) is 4.18. The molecule has 138 valence electrons. The van der Waals surface area contributed by atoms with Crippen molar-refractivity contribution in [3.05, 3.63) is 71.9 Å². The van der Waals surface area contributed by atoms with E-state index in [1.54, 1.807) is 0 Å². The highest BCUT2D eigenvalue weighted by Gasteiger charge is 2.38. The Morgan fingerprint density at radius 2 is 1.89 bits per heavy atom. The van der Waals surface area contributed by atoms with Crippen molar-refractivity contribution in [2.24, 2.45) is 11.0 Å². The molecule has 2 atom stereocenters. The van der Waals surface area contributed by atoms with Gasteiger partial charge < -0.3 is 9.99 Å². The van der Waals surface area contributed by atoms with Gasteiger partial charge in [0.15, 0.2) is 0 Å². The summed E-state index contributed by atoms with van der Waals surface area (Å²) in [6.07, 6.45) is 3.39. The molecule has 1 fully saturated rings. The van der Waals surface area contributed by atoms with Crippen LogP contribution in [0.2, 0.25) is 0 Å². The zero-order valence-electron chi connectivity index (χ0n) is 15.8. The number of hydrogen-bond donors (Lipinski definition) is 1. The fourth-order valence-electron chi connectivity index (χ4n) is 4.67. The van der Waals surface area contributed by atoms with Gasteiger partial charge in [-0.15, -0.1) is 0 Å². The van der Waals surface area contributed by atoms with E-state index in [4.69, 9.17) is 5.10 Å². The first kappa shape index (κ1) is 16.6. The van der Waals surface area contributed by atoms with Gasteiger partial charge in [-0.05, 0) is 18.6 Å². The Balaban J connectivity index is 1.42. The molecule has 27 heavy (non-hydrogen) atoms. The Hall–Kier alpha value is -2.59. The predicted molar refractivity (Wildman–Crippen MR) is 111 cm³/mol. The van der Waals surface area contributed by atoms with Crippen LogP contribution in [0.4, 0.5) is 0 Å². The number of aryl methyl sites for hydroxylation is 1. The molecule has 0 spiro atoms. The van der Waals surface area contributed by atoms with Gasteiger partial charge >= 0.3 is 0 Å². The third-order valence-corrected chi connectivity index (χ3v) is 6.06. The van der Waals surface area contributed by atoms with Crippen molar-refractivity contribution >= 4 is 16.6 Å². The van der Waals surface area contributed by atoms with Crippen LogP contribution in [-0.4, -0.2) is 28.3 Å². The van der Waals surface area contributed by atoms with Gasteiger partial charge in [0.1, 0.15) is 0 Å². The molecule has 1 saturated heterocycles. The second-order valence-corrected chi connectivity index (χ2v) is 7.67. The van der Waals surface area contributed by atoms with E-state index < -0.39 is 0 Å². The number of hydrazone groups is 1. The van der Waals surface area contributed by atoms with Crippen LogP contribution in [-0.2, 0) is 13.1 Å². The lowest BCUT2D eigenvalue weighted by Gasteiger charge is -2.33. The Kier molecular flexibility index (Phi) is 4.21. The summed E-state index contributed by atoms with van der Waals surface area (Å²) in [4.78, 5) is 2.58. The summed E-state index contributed by atoms with van der Waals surface area (Å²) in [7, 11) is 0. The zero-order chi connectivity index (χ0) is 18.2. The maximum absolute atomic E-state index is 4.73. The van der Waals surface area contributed by atoms with Gasteiger partial charge in [0, 0.05) is 66.9 Å². The third kappa shape index (κ3) is 2.94. The quantitative estimate of drug-likeness (QED) is 0.759. The molecule has 5 rings (SSSR count). The highest BCUT2D eigenvalue weighted by Crippen LogP contribution is 2.37. The van der Waals surface area contributed by atoms with Crippen molar-refractivity contribution in [2.45, 2.75) is 32.5 Å². The van der Waals surface area contributed by atoms with Crippen LogP contribution in [0, 0.1) is 5.92 Å². The van der Waals surface area contributed by atoms with Gasteiger partial charge in [-0.2, -0.15) is 5.10 Å². The van der Waals surface area contributed by atoms with Crippen molar-refractivity contribution in [1.82, 2.24) is 14.9 Å². The van der Waals surface area contributed by atoms with Crippen molar-refractivity contribution in [2.75, 3.05) is 13.1 Å². The Morgan fingerprint density at radius 3 is 2.74 bits per heavy atom. The number of benzene rings is 2. The fraction of sp³-hybridized carbons (Fsp3) is 0.348. The monoisotopic (exact) mass is 358 g/mol. The minimum atomic E-state index is 0.274. The largest absolute Gasteiger partial charge is 0.347 e. The lowest BCUT2D eigenvalue weighted by atomic mass is 9.86. The molecule has 2 aliphatic heterocycles. The summed E-state index contributed by atoms with van der Waals surface area (Å²) >= 11 is 0. The zero-order valence-corrected chi connectivity index (χ0v) is 15.8. The van der Waals surface area contributed by atoms with Gasteiger partial charge in [0.05, 0.1) is 6.04 Å². The fourth-order valence-corrected chi connectivity index (χ4v) is 4.67. The molecular weight excluding hydrogens is 332 g/mol. The Bertz CT molecular complexity index is 972. The molecule has 0 radical (unpaired) electrons. The smallest absolute Gasteiger partial charge is 0.0803 e. The summed E-state index contributed by atoms with van der Waals surface area (Å²) in [5.41, 5.74) is 8.92. The van der Waals surface area contributed by atoms with Crippen LogP contribution in [0.5, 0.6) is 0 Å². The lowest BCUT2D eigenvalue weighted by molar-refractivity contribution is 0.220. The van der Waals surface area contributed by atoms with Crippen molar-refractivity contribution in [3.63, 3.8) is 0 Å². The Labute approximate surface area is 160 Å². The summed E-state index contributed by atoms with van der Waals surface area (Å²) < 4.78 is 2.36. The number of piperidine rings is 1. The van der Waals surface area contributed by atoms with E-state index in [1.165, 1.54) is 27.7 Å². The maximum Gasteiger partial charge on any atom is 0.0803 e. The molecule has 0 saturated carbocycles. The van der Waals surface area contributed by atoms with Crippen LogP contribution in [0.1, 0.15) is 30.5 Å². The van der Waals surface area contributed by atoms with Crippen LogP contribution < -0.4 is 5.43 Å². The second-order valence-electron chi connectivity index (χ2n) is 7.67. The van der Waals surface area contributed by atoms with E-state index in [1.807, 2.05) is 0 Å². The summed E-state index contributed by atoms with van der Waals surface area (Å²) in [5.74, 6) is 0.457. The number of para-hydroxylation sites is 1. The summed E-state index contributed by atoms with van der Waals surface area (Å²) in [6.45, 7) is 6.38. The minimum Gasteiger partial charge on any atom is -0.347 e. The molecular formula is C23H26N4. The first-order valence-corrected chi connectivity index (χ1v) is 9.99. The third-order valence-electron chi connectivity index (χ3n) is 6.06. The molecule has 2 aliphatic rings. The molecule has 4 nitrogen and oxygen atoms in total. The standard InChI is InChI=1S/C23H26N4/c1-2-27-16-19(18-10-6-7-11-22(18)27)23-20-15-26(13-12-21(20)24-25-23)14-17-8-4-3-5-9-17/h3-11,16,20,23,25H,2,12-15H2,1H3.